The fourth-order valence-corrected chi connectivity index (χ4v) is 4.07. The fourth-order valence-electron chi connectivity index (χ4n) is 3.81. The minimum absolute atomic E-state index is 0.159. The molecule has 0 unspecified atom stereocenters. The predicted molar refractivity (Wildman–Crippen MR) is 84.1 cm³/mol. The summed E-state index contributed by atoms with van der Waals surface area (Å²) in [7, 11) is 0. The van der Waals surface area contributed by atoms with E-state index in [0.29, 0.717) is 22.1 Å². The lowest BCUT2D eigenvalue weighted by Crippen LogP contribution is -2.52. The molecule has 1 aliphatic heterocycles. The Bertz CT molecular complexity index is 762. The number of carbonyl (C=O) groups is 1. The molecule has 5 nitrogen and oxygen atoms in total. The molecule has 1 aliphatic carbocycles. The number of rotatable bonds is 1. The van der Waals surface area contributed by atoms with Crippen LogP contribution in [0.1, 0.15) is 43.4 Å². The largest absolute Gasteiger partial charge is 0.458 e. The number of aliphatic hydroxyl groups excluding tert-OH is 1. The molecule has 1 aromatic heterocycles. The Labute approximate surface area is 132 Å². The van der Waals surface area contributed by atoms with Crippen LogP contribution in [0.3, 0.4) is 0 Å². The van der Waals surface area contributed by atoms with Crippen molar-refractivity contribution in [2.75, 3.05) is 5.32 Å². The van der Waals surface area contributed by atoms with Gasteiger partial charge in [0.25, 0.3) is 0 Å². The number of hydrogen-bond donors (Lipinski definition) is 3. The van der Waals surface area contributed by atoms with Gasteiger partial charge in [-0.05, 0) is 25.0 Å². The maximum atomic E-state index is 12.1. The van der Waals surface area contributed by atoms with Gasteiger partial charge >= 0.3 is 6.03 Å². The van der Waals surface area contributed by atoms with Gasteiger partial charge in [-0.3, -0.25) is 0 Å². The van der Waals surface area contributed by atoms with Crippen molar-refractivity contribution in [1.82, 2.24) is 5.32 Å². The van der Waals surface area contributed by atoms with Gasteiger partial charge in [-0.25, -0.2) is 4.79 Å². The lowest BCUT2D eigenvalue weighted by Gasteiger charge is -2.42. The van der Waals surface area contributed by atoms with Gasteiger partial charge in [0, 0.05) is 10.9 Å². The summed E-state index contributed by atoms with van der Waals surface area (Å²) < 4.78 is 5.83. The summed E-state index contributed by atoms with van der Waals surface area (Å²) >= 11 is 6.39. The van der Waals surface area contributed by atoms with E-state index in [2.05, 4.69) is 10.6 Å². The van der Waals surface area contributed by atoms with E-state index in [0.717, 1.165) is 36.6 Å². The van der Waals surface area contributed by atoms with Crippen molar-refractivity contribution in [3.05, 3.63) is 28.5 Å². The molecule has 0 saturated heterocycles. The molecule has 1 saturated carbocycles. The number of urea groups is 1. The van der Waals surface area contributed by atoms with Gasteiger partial charge in [0.15, 0.2) is 0 Å². The molecule has 0 bridgehead atoms. The van der Waals surface area contributed by atoms with Crippen LogP contribution in [-0.4, -0.2) is 11.1 Å². The molecule has 2 aliphatic rings. The number of halogens is 1. The number of amides is 2. The van der Waals surface area contributed by atoms with Crippen LogP contribution in [0.15, 0.2) is 16.5 Å². The molecule has 22 heavy (non-hydrogen) atoms. The zero-order valence-electron chi connectivity index (χ0n) is 12.0. The average molecular weight is 321 g/mol. The first kappa shape index (κ1) is 13.9. The number of hydrogen-bond acceptors (Lipinski definition) is 3. The number of anilines is 1. The summed E-state index contributed by atoms with van der Waals surface area (Å²) in [5, 5.41) is 16.6. The van der Waals surface area contributed by atoms with Gasteiger partial charge in [0.2, 0.25) is 0 Å². The number of fused-ring (bicyclic) bond motifs is 4. The zero-order valence-corrected chi connectivity index (χ0v) is 12.8. The standard InChI is InChI=1S/C16H17ClN2O3/c17-11-7-9-6-10(8-20)22-14(9)12-13(11)18-15(21)19-16(12)4-2-1-3-5-16/h6-7,20H,1-5,8H2,(H2,18,19,21). The number of nitrogens with one attached hydrogen (secondary N) is 2. The summed E-state index contributed by atoms with van der Waals surface area (Å²) in [5.41, 5.74) is 1.84. The highest BCUT2D eigenvalue weighted by Crippen LogP contribution is 2.48. The number of furan rings is 1. The first-order chi connectivity index (χ1) is 10.6. The van der Waals surface area contributed by atoms with E-state index in [4.69, 9.17) is 16.0 Å². The van der Waals surface area contributed by atoms with E-state index in [9.17, 15) is 9.90 Å². The number of carbonyl (C=O) groups excluding carboxylic acids is 1. The molecule has 2 heterocycles. The molecule has 116 valence electrons. The van der Waals surface area contributed by atoms with Crippen molar-refractivity contribution < 1.29 is 14.3 Å². The van der Waals surface area contributed by atoms with Crippen LogP contribution >= 0.6 is 11.6 Å². The third-order valence-electron chi connectivity index (χ3n) is 4.74. The van der Waals surface area contributed by atoms with Crippen LogP contribution in [0.2, 0.25) is 5.02 Å². The number of aliphatic hydroxyl groups is 1. The summed E-state index contributed by atoms with van der Waals surface area (Å²) in [4.78, 5) is 12.1. The molecule has 1 fully saturated rings. The highest BCUT2D eigenvalue weighted by Gasteiger charge is 2.43. The molecule has 3 N–H and O–H groups in total. The Morgan fingerprint density at radius 1 is 1.27 bits per heavy atom. The van der Waals surface area contributed by atoms with Crippen LogP contribution in [0.25, 0.3) is 11.0 Å². The van der Waals surface area contributed by atoms with Crippen molar-refractivity contribution in [3.63, 3.8) is 0 Å². The van der Waals surface area contributed by atoms with Crippen LogP contribution in [0, 0.1) is 0 Å². The molecule has 2 aromatic rings. The van der Waals surface area contributed by atoms with Gasteiger partial charge < -0.3 is 20.2 Å². The SMILES string of the molecule is O=C1Nc2c(Cl)cc3cc(CO)oc3c2C2(CCCCC2)N1. The zero-order chi connectivity index (χ0) is 15.3. The number of benzene rings is 1. The van der Waals surface area contributed by atoms with Crippen molar-refractivity contribution in [2.45, 2.75) is 44.2 Å². The summed E-state index contributed by atoms with van der Waals surface area (Å²) in [5.74, 6) is 0.502. The van der Waals surface area contributed by atoms with Gasteiger partial charge in [0.1, 0.15) is 18.0 Å². The molecule has 2 amide bonds. The van der Waals surface area contributed by atoms with Gasteiger partial charge in [-0.1, -0.05) is 30.9 Å². The molecule has 4 rings (SSSR count). The monoisotopic (exact) mass is 320 g/mol. The van der Waals surface area contributed by atoms with E-state index in [1.807, 2.05) is 0 Å². The normalized spacial score (nSPS) is 19.8. The maximum absolute atomic E-state index is 12.1. The van der Waals surface area contributed by atoms with Crippen molar-refractivity contribution in [1.29, 1.82) is 0 Å². The molecule has 6 heteroatoms. The Hall–Kier alpha value is -1.72. The predicted octanol–water partition coefficient (Wildman–Crippen LogP) is 3.87. The van der Waals surface area contributed by atoms with Crippen LogP contribution < -0.4 is 10.6 Å². The minimum atomic E-state index is -0.427. The van der Waals surface area contributed by atoms with E-state index in [1.165, 1.54) is 6.42 Å². The first-order valence-electron chi connectivity index (χ1n) is 7.58. The Morgan fingerprint density at radius 2 is 2.05 bits per heavy atom. The Kier molecular flexibility index (Phi) is 3.09. The van der Waals surface area contributed by atoms with E-state index < -0.39 is 5.54 Å². The van der Waals surface area contributed by atoms with Crippen LogP contribution in [0.5, 0.6) is 0 Å². The van der Waals surface area contributed by atoms with E-state index in [1.54, 1.807) is 12.1 Å². The molecular formula is C16H17ClN2O3. The topological polar surface area (TPSA) is 74.5 Å². The third-order valence-corrected chi connectivity index (χ3v) is 5.04. The fraction of sp³-hybridized carbons (Fsp3) is 0.438. The first-order valence-corrected chi connectivity index (χ1v) is 7.96. The molecule has 1 aromatic carbocycles. The molecular weight excluding hydrogens is 304 g/mol. The van der Waals surface area contributed by atoms with Gasteiger partial charge in [-0.15, -0.1) is 0 Å². The van der Waals surface area contributed by atoms with Gasteiger partial charge in [0.05, 0.1) is 16.2 Å². The highest BCUT2D eigenvalue weighted by molar-refractivity contribution is 6.35. The van der Waals surface area contributed by atoms with Crippen LogP contribution in [0.4, 0.5) is 10.5 Å². The second-order valence-electron chi connectivity index (χ2n) is 6.12. The molecule has 1 spiro atoms. The summed E-state index contributed by atoms with van der Waals surface area (Å²) in [6, 6.07) is 3.36. The van der Waals surface area contributed by atoms with E-state index >= 15 is 0 Å². The average Bonchev–Trinajstić information content (AvgIpc) is 2.90. The third kappa shape index (κ3) is 1.92. The molecule has 0 atom stereocenters. The van der Waals surface area contributed by atoms with Crippen molar-refractivity contribution >= 4 is 34.3 Å². The lowest BCUT2D eigenvalue weighted by molar-refractivity contribution is 0.208. The Balaban J connectivity index is 2.03. The van der Waals surface area contributed by atoms with E-state index in [-0.39, 0.29) is 12.6 Å². The van der Waals surface area contributed by atoms with Crippen molar-refractivity contribution in [3.8, 4) is 0 Å². The van der Waals surface area contributed by atoms with Crippen molar-refractivity contribution in [2.24, 2.45) is 0 Å². The minimum Gasteiger partial charge on any atom is -0.458 e. The second-order valence-corrected chi connectivity index (χ2v) is 6.53. The quantitative estimate of drug-likeness (QED) is 0.746. The van der Waals surface area contributed by atoms with Gasteiger partial charge in [-0.2, -0.15) is 0 Å². The second kappa shape index (κ2) is 4.89. The Morgan fingerprint density at radius 3 is 2.77 bits per heavy atom. The summed E-state index contributed by atoms with van der Waals surface area (Å²) in [6.45, 7) is -0.159. The maximum Gasteiger partial charge on any atom is 0.319 e. The smallest absolute Gasteiger partial charge is 0.319 e. The summed E-state index contributed by atoms with van der Waals surface area (Å²) in [6.07, 6.45) is 5.03. The molecule has 0 radical (unpaired) electrons. The van der Waals surface area contributed by atoms with Crippen LogP contribution in [-0.2, 0) is 12.1 Å². The lowest BCUT2D eigenvalue weighted by atomic mass is 9.74. The highest BCUT2D eigenvalue weighted by atomic mass is 35.5.